The largest absolute Gasteiger partial charge is 0.454 e. The number of allylic oxidation sites excluding steroid dienone is 1. The molecule has 0 bridgehead atoms. The van der Waals surface area contributed by atoms with Gasteiger partial charge in [-0.2, -0.15) is 0 Å². The second-order valence-corrected chi connectivity index (χ2v) is 9.76. The molecule has 1 aliphatic carbocycles. The number of ketones is 1. The third kappa shape index (κ3) is 3.79. The van der Waals surface area contributed by atoms with Crippen LogP contribution in [0.4, 0.5) is 5.69 Å². The molecule has 1 aliphatic heterocycles. The van der Waals surface area contributed by atoms with Gasteiger partial charge in [0.15, 0.2) is 12.4 Å². The van der Waals surface area contributed by atoms with Crippen LogP contribution < -0.4 is 4.90 Å². The summed E-state index contributed by atoms with van der Waals surface area (Å²) in [7, 11) is 1.97. The van der Waals surface area contributed by atoms with Gasteiger partial charge >= 0.3 is 5.97 Å². The SMILES string of the molecule is CN1C(=CC(=O)COC(=O)c2c3c(nc4ccccc24)CCCCC3)C(C)(C)c2ccccc21. The lowest BCUT2D eigenvalue weighted by Crippen LogP contribution is -2.25. The zero-order valence-electron chi connectivity index (χ0n) is 20.1. The number of carbonyl (C=O) groups is 2. The predicted molar refractivity (Wildman–Crippen MR) is 134 cm³/mol. The van der Waals surface area contributed by atoms with Gasteiger partial charge in [-0.05, 0) is 48.9 Å². The molecule has 0 amide bonds. The van der Waals surface area contributed by atoms with E-state index in [1.165, 1.54) is 5.56 Å². The average molecular weight is 455 g/mol. The lowest BCUT2D eigenvalue weighted by molar-refractivity contribution is -0.117. The summed E-state index contributed by atoms with van der Waals surface area (Å²) in [4.78, 5) is 33.1. The molecule has 2 aromatic carbocycles. The third-order valence-electron chi connectivity index (χ3n) is 7.21. The molecule has 0 radical (unpaired) electrons. The van der Waals surface area contributed by atoms with Crippen molar-refractivity contribution in [3.8, 4) is 0 Å². The Morgan fingerprint density at radius 1 is 1.03 bits per heavy atom. The lowest BCUT2D eigenvalue weighted by Gasteiger charge is -2.24. The van der Waals surface area contributed by atoms with E-state index < -0.39 is 5.97 Å². The van der Waals surface area contributed by atoms with Crippen molar-refractivity contribution >= 4 is 28.3 Å². The third-order valence-corrected chi connectivity index (χ3v) is 7.21. The first-order valence-electron chi connectivity index (χ1n) is 12.0. The highest BCUT2D eigenvalue weighted by atomic mass is 16.5. The van der Waals surface area contributed by atoms with Crippen LogP contribution in [0.25, 0.3) is 10.9 Å². The molecule has 0 fully saturated rings. The minimum atomic E-state index is -0.439. The zero-order valence-corrected chi connectivity index (χ0v) is 20.1. The first kappa shape index (κ1) is 22.3. The Kier molecular flexibility index (Phi) is 5.72. The molecular formula is C29H30N2O3. The van der Waals surface area contributed by atoms with E-state index >= 15 is 0 Å². The highest BCUT2D eigenvalue weighted by molar-refractivity contribution is 6.06. The molecule has 2 heterocycles. The van der Waals surface area contributed by atoms with Crippen molar-refractivity contribution in [3.63, 3.8) is 0 Å². The fourth-order valence-corrected chi connectivity index (χ4v) is 5.44. The van der Waals surface area contributed by atoms with Gasteiger partial charge in [-0.3, -0.25) is 9.78 Å². The van der Waals surface area contributed by atoms with E-state index in [-0.39, 0.29) is 17.8 Å². The Bertz CT molecular complexity index is 1320. The number of carbonyl (C=O) groups excluding carboxylic acids is 2. The van der Waals surface area contributed by atoms with Crippen molar-refractivity contribution in [1.29, 1.82) is 0 Å². The number of ether oxygens (including phenoxy) is 1. The van der Waals surface area contributed by atoms with Crippen molar-refractivity contribution in [3.05, 3.63) is 82.7 Å². The number of aromatic nitrogens is 1. The zero-order chi connectivity index (χ0) is 23.9. The van der Waals surface area contributed by atoms with Crippen molar-refractivity contribution in [1.82, 2.24) is 4.98 Å². The van der Waals surface area contributed by atoms with E-state index in [9.17, 15) is 9.59 Å². The number of likely N-dealkylation sites (N-methyl/N-ethyl adjacent to an activating group) is 1. The van der Waals surface area contributed by atoms with Crippen molar-refractivity contribution < 1.29 is 14.3 Å². The summed E-state index contributed by atoms with van der Waals surface area (Å²) in [5.41, 5.74) is 6.22. The van der Waals surface area contributed by atoms with Gasteiger partial charge in [0.2, 0.25) is 0 Å². The van der Waals surface area contributed by atoms with E-state index in [4.69, 9.17) is 9.72 Å². The van der Waals surface area contributed by atoms with E-state index in [0.717, 1.165) is 65.6 Å². The normalized spacial score (nSPS) is 17.9. The van der Waals surface area contributed by atoms with Crippen molar-refractivity contribution in [2.75, 3.05) is 18.6 Å². The molecule has 34 heavy (non-hydrogen) atoms. The minimum Gasteiger partial charge on any atom is -0.454 e. The Labute approximate surface area is 200 Å². The maximum atomic E-state index is 13.3. The summed E-state index contributed by atoms with van der Waals surface area (Å²) < 4.78 is 5.62. The van der Waals surface area contributed by atoms with Crippen LogP contribution in [0.2, 0.25) is 0 Å². The second-order valence-electron chi connectivity index (χ2n) is 9.76. The summed E-state index contributed by atoms with van der Waals surface area (Å²) in [6.07, 6.45) is 6.53. The predicted octanol–water partition coefficient (Wildman–Crippen LogP) is 5.54. The molecule has 0 atom stereocenters. The van der Waals surface area contributed by atoms with Gasteiger partial charge in [0, 0.05) is 41.0 Å². The summed E-state index contributed by atoms with van der Waals surface area (Å²) in [5.74, 6) is -0.661. The smallest absolute Gasteiger partial charge is 0.339 e. The number of esters is 1. The quantitative estimate of drug-likeness (QED) is 0.294. The van der Waals surface area contributed by atoms with Crippen molar-refractivity contribution in [2.24, 2.45) is 0 Å². The van der Waals surface area contributed by atoms with Gasteiger partial charge in [0.1, 0.15) is 0 Å². The Hall–Kier alpha value is -3.47. The molecule has 5 nitrogen and oxygen atoms in total. The van der Waals surface area contributed by atoms with Crippen LogP contribution in [0.5, 0.6) is 0 Å². The molecule has 0 N–H and O–H groups in total. The molecule has 5 heteroatoms. The topological polar surface area (TPSA) is 59.5 Å². The van der Waals surface area contributed by atoms with Gasteiger partial charge in [-0.1, -0.05) is 56.7 Å². The molecule has 5 rings (SSSR count). The summed E-state index contributed by atoms with van der Waals surface area (Å²) >= 11 is 0. The fourth-order valence-electron chi connectivity index (χ4n) is 5.44. The lowest BCUT2D eigenvalue weighted by atomic mass is 9.83. The molecule has 0 saturated heterocycles. The second kappa shape index (κ2) is 8.71. The number of anilines is 1. The fraction of sp³-hybridized carbons (Fsp3) is 0.345. The standard InChI is InChI=1S/C29H30N2O3/c1-29(2)22-13-8-10-16-25(22)31(3)26(29)17-19(32)18-34-28(33)27-20-11-5-4-6-14-23(20)30-24-15-9-7-12-21(24)27/h7-10,12-13,15-17H,4-6,11,14,18H2,1-3H3. The summed E-state index contributed by atoms with van der Waals surface area (Å²) in [6.45, 7) is 3.94. The van der Waals surface area contributed by atoms with Gasteiger partial charge in [0.05, 0.1) is 11.1 Å². The molecule has 0 unspecified atom stereocenters. The number of rotatable bonds is 4. The summed E-state index contributed by atoms with van der Waals surface area (Å²) in [6, 6.07) is 15.9. The van der Waals surface area contributed by atoms with E-state index in [2.05, 4.69) is 26.0 Å². The molecule has 2 aliphatic rings. The Morgan fingerprint density at radius 3 is 2.59 bits per heavy atom. The molecule has 0 saturated carbocycles. The van der Waals surface area contributed by atoms with Gasteiger partial charge < -0.3 is 9.64 Å². The van der Waals surface area contributed by atoms with Crippen LogP contribution in [0, 0.1) is 0 Å². The van der Waals surface area contributed by atoms with E-state index in [0.29, 0.717) is 5.56 Å². The number of fused-ring (bicyclic) bond motifs is 3. The van der Waals surface area contributed by atoms with Crippen LogP contribution in [0.15, 0.2) is 60.3 Å². The molecule has 174 valence electrons. The number of hydrogen-bond donors (Lipinski definition) is 0. The molecule has 3 aromatic rings. The van der Waals surface area contributed by atoms with Gasteiger partial charge in [-0.25, -0.2) is 4.79 Å². The number of pyridine rings is 1. The summed E-state index contributed by atoms with van der Waals surface area (Å²) in [5, 5.41) is 0.797. The number of aryl methyl sites for hydroxylation is 1. The van der Waals surface area contributed by atoms with Crippen LogP contribution in [0.3, 0.4) is 0 Å². The first-order chi connectivity index (χ1) is 16.4. The van der Waals surface area contributed by atoms with Crippen LogP contribution in [0.1, 0.15) is 60.3 Å². The monoisotopic (exact) mass is 454 g/mol. The Morgan fingerprint density at radius 2 is 1.76 bits per heavy atom. The average Bonchev–Trinajstić information content (AvgIpc) is 2.99. The van der Waals surface area contributed by atoms with E-state index in [1.54, 1.807) is 6.08 Å². The van der Waals surface area contributed by atoms with Crippen LogP contribution >= 0.6 is 0 Å². The maximum Gasteiger partial charge on any atom is 0.339 e. The minimum absolute atomic E-state index is 0.222. The highest BCUT2D eigenvalue weighted by Gasteiger charge is 2.38. The number of para-hydroxylation sites is 2. The molecular weight excluding hydrogens is 424 g/mol. The van der Waals surface area contributed by atoms with E-state index in [1.807, 2.05) is 48.3 Å². The maximum absolute atomic E-state index is 13.3. The first-order valence-corrected chi connectivity index (χ1v) is 12.0. The number of hydrogen-bond acceptors (Lipinski definition) is 5. The number of nitrogens with zero attached hydrogens (tertiary/aromatic N) is 2. The Balaban J connectivity index is 1.40. The van der Waals surface area contributed by atoms with Gasteiger partial charge in [-0.15, -0.1) is 0 Å². The van der Waals surface area contributed by atoms with Crippen LogP contribution in [-0.2, 0) is 27.8 Å². The van der Waals surface area contributed by atoms with Gasteiger partial charge in [0.25, 0.3) is 0 Å². The van der Waals surface area contributed by atoms with Crippen molar-refractivity contribution in [2.45, 2.75) is 51.4 Å². The molecule has 0 spiro atoms. The highest BCUT2D eigenvalue weighted by Crippen LogP contribution is 2.46. The van der Waals surface area contributed by atoms with Crippen LogP contribution in [-0.4, -0.2) is 30.4 Å². The molecule has 1 aromatic heterocycles. The number of benzene rings is 2.